The van der Waals surface area contributed by atoms with Crippen LogP contribution in [0.4, 0.5) is 0 Å². The predicted octanol–water partition coefficient (Wildman–Crippen LogP) is 4.02. The zero-order chi connectivity index (χ0) is 19.2. The molecular weight excluding hydrogens is 375 g/mol. The van der Waals surface area contributed by atoms with E-state index < -0.39 is 11.1 Å². The molecule has 3 aromatic heterocycles. The minimum Gasteiger partial charge on any atom is -0.314 e. The Labute approximate surface area is 159 Å². The van der Waals surface area contributed by atoms with Crippen LogP contribution >= 0.6 is 23.2 Å². The molecule has 26 heavy (non-hydrogen) atoms. The molecule has 0 amide bonds. The van der Waals surface area contributed by atoms with Gasteiger partial charge in [-0.1, -0.05) is 50.9 Å². The van der Waals surface area contributed by atoms with Crippen molar-refractivity contribution in [2.75, 3.05) is 0 Å². The number of halogens is 2. The smallest absolute Gasteiger partial charge is 0.314 e. The molecule has 0 atom stereocenters. The first kappa shape index (κ1) is 18.6. The summed E-state index contributed by atoms with van der Waals surface area (Å²) in [4.78, 5) is 36.3. The monoisotopic (exact) mass is 392 g/mol. The van der Waals surface area contributed by atoms with Gasteiger partial charge < -0.3 is 4.98 Å². The molecule has 136 valence electrons. The molecule has 0 spiro atoms. The Morgan fingerprint density at radius 2 is 1.81 bits per heavy atom. The topological polar surface area (TPSA) is 80.6 Å². The highest BCUT2D eigenvalue weighted by molar-refractivity contribution is 6.41. The molecule has 8 heteroatoms. The standard InChI is InChI=1S/C18H18Cl2N4O2/c1-8(2)10-5-6-21-13(9(3)4)14(10)24-16-12(22-17(25)18(24)26)7-11(19)15(20)23-16/h5-9H,1-4H3,(H,22,25). The van der Waals surface area contributed by atoms with Crippen LogP contribution in [0.25, 0.3) is 16.9 Å². The number of nitrogens with one attached hydrogen (secondary N) is 1. The number of fused-ring (bicyclic) bond motifs is 1. The van der Waals surface area contributed by atoms with Crippen LogP contribution in [0.2, 0.25) is 10.2 Å². The van der Waals surface area contributed by atoms with Crippen LogP contribution in [0, 0.1) is 0 Å². The van der Waals surface area contributed by atoms with E-state index in [4.69, 9.17) is 23.2 Å². The minimum absolute atomic E-state index is 0.0349. The fraction of sp³-hybridized carbons (Fsp3) is 0.333. The zero-order valence-corrected chi connectivity index (χ0v) is 16.3. The molecule has 0 fully saturated rings. The second kappa shape index (κ2) is 6.85. The quantitative estimate of drug-likeness (QED) is 0.538. The van der Waals surface area contributed by atoms with Gasteiger partial charge in [0.25, 0.3) is 0 Å². The van der Waals surface area contributed by atoms with Gasteiger partial charge in [-0.2, -0.15) is 0 Å². The number of hydrogen-bond acceptors (Lipinski definition) is 4. The molecule has 1 N–H and O–H groups in total. The maximum atomic E-state index is 12.8. The lowest BCUT2D eigenvalue weighted by Crippen LogP contribution is -2.37. The summed E-state index contributed by atoms with van der Waals surface area (Å²) < 4.78 is 1.30. The lowest BCUT2D eigenvalue weighted by Gasteiger charge is -2.20. The van der Waals surface area contributed by atoms with E-state index in [1.807, 2.05) is 33.8 Å². The van der Waals surface area contributed by atoms with Crippen molar-refractivity contribution in [3.8, 4) is 5.69 Å². The summed E-state index contributed by atoms with van der Waals surface area (Å²) in [6, 6.07) is 3.34. The van der Waals surface area contributed by atoms with E-state index in [1.54, 1.807) is 6.20 Å². The minimum atomic E-state index is -0.758. The van der Waals surface area contributed by atoms with Crippen molar-refractivity contribution in [2.24, 2.45) is 0 Å². The Balaban J connectivity index is 2.58. The molecule has 0 aromatic carbocycles. The number of pyridine rings is 2. The van der Waals surface area contributed by atoms with Crippen molar-refractivity contribution in [3.05, 3.63) is 60.5 Å². The van der Waals surface area contributed by atoms with Gasteiger partial charge in [0.2, 0.25) is 0 Å². The van der Waals surface area contributed by atoms with Gasteiger partial charge in [-0.05, 0) is 29.5 Å². The van der Waals surface area contributed by atoms with Crippen LogP contribution in [-0.2, 0) is 0 Å². The van der Waals surface area contributed by atoms with E-state index in [9.17, 15) is 9.59 Å². The fourth-order valence-corrected chi connectivity index (χ4v) is 3.20. The summed E-state index contributed by atoms with van der Waals surface area (Å²) >= 11 is 12.1. The van der Waals surface area contributed by atoms with Gasteiger partial charge in [-0.25, -0.2) is 4.98 Å². The molecule has 0 unspecified atom stereocenters. The third kappa shape index (κ3) is 3.04. The number of aromatic nitrogens is 4. The average molecular weight is 393 g/mol. The van der Waals surface area contributed by atoms with Crippen LogP contribution in [0.15, 0.2) is 27.9 Å². The Morgan fingerprint density at radius 3 is 2.42 bits per heavy atom. The third-order valence-corrected chi connectivity index (χ3v) is 4.82. The van der Waals surface area contributed by atoms with Gasteiger partial charge >= 0.3 is 11.1 Å². The number of hydrogen-bond donors (Lipinski definition) is 1. The second-order valence-corrected chi connectivity index (χ2v) is 7.44. The molecule has 3 rings (SSSR count). The van der Waals surface area contributed by atoms with Gasteiger partial charge in [-0.3, -0.25) is 19.1 Å². The Hall–Kier alpha value is -2.18. The van der Waals surface area contributed by atoms with Crippen molar-refractivity contribution in [1.82, 2.24) is 19.5 Å². The maximum absolute atomic E-state index is 12.8. The van der Waals surface area contributed by atoms with Crippen LogP contribution in [0.5, 0.6) is 0 Å². The van der Waals surface area contributed by atoms with Gasteiger partial charge in [0, 0.05) is 6.20 Å². The Morgan fingerprint density at radius 1 is 1.12 bits per heavy atom. The van der Waals surface area contributed by atoms with Crippen LogP contribution in [0.3, 0.4) is 0 Å². The molecule has 3 aromatic rings. The van der Waals surface area contributed by atoms with Gasteiger partial charge in [0.15, 0.2) is 5.65 Å². The van der Waals surface area contributed by atoms with E-state index in [-0.39, 0.29) is 27.7 Å². The van der Waals surface area contributed by atoms with Gasteiger partial charge in [0.1, 0.15) is 5.15 Å². The first-order chi connectivity index (χ1) is 12.2. The highest BCUT2D eigenvalue weighted by Crippen LogP contribution is 2.31. The summed E-state index contributed by atoms with van der Waals surface area (Å²) in [6.45, 7) is 7.99. The molecular formula is C18H18Cl2N4O2. The summed E-state index contributed by atoms with van der Waals surface area (Å²) in [5.41, 5.74) is 1.25. The van der Waals surface area contributed by atoms with Crippen LogP contribution in [-0.4, -0.2) is 19.5 Å². The van der Waals surface area contributed by atoms with E-state index in [2.05, 4.69) is 15.0 Å². The highest BCUT2D eigenvalue weighted by atomic mass is 35.5. The average Bonchev–Trinajstić information content (AvgIpc) is 2.57. The van der Waals surface area contributed by atoms with E-state index in [0.717, 1.165) is 5.56 Å². The number of H-pyrrole nitrogens is 1. The normalized spacial score (nSPS) is 11.7. The number of nitrogens with zero attached hydrogens (tertiary/aromatic N) is 3. The summed E-state index contributed by atoms with van der Waals surface area (Å²) in [7, 11) is 0. The van der Waals surface area contributed by atoms with Crippen molar-refractivity contribution in [3.63, 3.8) is 0 Å². The predicted molar refractivity (Wildman–Crippen MR) is 104 cm³/mol. The lowest BCUT2D eigenvalue weighted by molar-refractivity contribution is 0.768. The molecule has 3 heterocycles. The summed E-state index contributed by atoms with van der Waals surface area (Å²) in [5.74, 6) is 0.141. The highest BCUT2D eigenvalue weighted by Gasteiger charge is 2.22. The first-order valence-electron chi connectivity index (χ1n) is 8.22. The molecule has 0 radical (unpaired) electrons. The van der Waals surface area contributed by atoms with Crippen LogP contribution < -0.4 is 11.1 Å². The number of rotatable bonds is 3. The van der Waals surface area contributed by atoms with Gasteiger partial charge in [0.05, 0.1) is 21.9 Å². The third-order valence-electron chi connectivity index (χ3n) is 4.15. The zero-order valence-electron chi connectivity index (χ0n) is 14.8. The van der Waals surface area contributed by atoms with E-state index >= 15 is 0 Å². The van der Waals surface area contributed by atoms with Crippen molar-refractivity contribution < 1.29 is 0 Å². The molecule has 0 bridgehead atoms. The molecule has 0 aliphatic carbocycles. The molecule has 0 saturated carbocycles. The van der Waals surface area contributed by atoms with Gasteiger partial charge in [-0.15, -0.1) is 0 Å². The van der Waals surface area contributed by atoms with E-state index in [1.165, 1.54) is 10.6 Å². The Kier molecular flexibility index (Phi) is 4.90. The largest absolute Gasteiger partial charge is 0.322 e. The summed E-state index contributed by atoms with van der Waals surface area (Å²) in [6.07, 6.45) is 1.71. The number of aromatic amines is 1. The second-order valence-electron chi connectivity index (χ2n) is 6.67. The summed E-state index contributed by atoms with van der Waals surface area (Å²) in [5, 5.41) is 0.250. The van der Waals surface area contributed by atoms with Crippen molar-refractivity contribution >= 4 is 34.4 Å². The lowest BCUT2D eigenvalue weighted by atomic mass is 9.97. The fourth-order valence-electron chi connectivity index (χ4n) is 2.92. The first-order valence-corrected chi connectivity index (χ1v) is 8.98. The molecule has 0 aliphatic rings. The maximum Gasteiger partial charge on any atom is 0.322 e. The molecule has 6 nitrogen and oxygen atoms in total. The van der Waals surface area contributed by atoms with Crippen LogP contribution in [0.1, 0.15) is 50.8 Å². The Bertz CT molecular complexity index is 1090. The molecule has 0 saturated heterocycles. The van der Waals surface area contributed by atoms with E-state index in [0.29, 0.717) is 16.9 Å². The molecule has 0 aliphatic heterocycles. The van der Waals surface area contributed by atoms with Crippen molar-refractivity contribution in [1.29, 1.82) is 0 Å². The van der Waals surface area contributed by atoms with Crippen molar-refractivity contribution in [2.45, 2.75) is 39.5 Å². The SMILES string of the molecule is CC(C)c1ccnc(C(C)C)c1-n1c(=O)c(=O)[nH]c2cc(Cl)c(Cl)nc21.